The zero-order valence-electron chi connectivity index (χ0n) is 14.7. The van der Waals surface area contributed by atoms with Crippen LogP contribution in [0.4, 0.5) is 5.69 Å². The van der Waals surface area contributed by atoms with Crippen molar-refractivity contribution in [3.63, 3.8) is 0 Å². The highest BCUT2D eigenvalue weighted by molar-refractivity contribution is 7.88. The molecule has 2 heterocycles. The number of hydrogen-bond acceptors (Lipinski definition) is 6. The summed E-state index contributed by atoms with van der Waals surface area (Å²) in [4.78, 5) is 2.92. The third-order valence-electron chi connectivity index (χ3n) is 4.40. The minimum atomic E-state index is -3.37. The third kappa shape index (κ3) is 3.22. The van der Waals surface area contributed by atoms with Gasteiger partial charge in [-0.25, -0.2) is 12.7 Å². The number of H-pyrrole nitrogens is 1. The quantitative estimate of drug-likeness (QED) is 0.716. The van der Waals surface area contributed by atoms with E-state index in [9.17, 15) is 13.5 Å². The molecule has 1 aromatic heterocycles. The molecule has 3 aromatic rings. The van der Waals surface area contributed by atoms with Gasteiger partial charge in [0.25, 0.3) is 0 Å². The summed E-state index contributed by atoms with van der Waals surface area (Å²) in [6.07, 6.45) is 1.81. The molecule has 4 rings (SSSR count). The molecule has 0 saturated carbocycles. The molecule has 0 radical (unpaired) electrons. The molecule has 0 spiro atoms. The number of nitrogens with zero attached hydrogens (tertiary/aromatic N) is 4. The number of aromatic hydroxyl groups is 1. The second-order valence-corrected chi connectivity index (χ2v) is 8.67. The van der Waals surface area contributed by atoms with Crippen molar-refractivity contribution in [2.45, 2.75) is 5.75 Å². The lowest BCUT2D eigenvalue weighted by atomic mass is 10.1. The van der Waals surface area contributed by atoms with E-state index in [4.69, 9.17) is 0 Å². The Bertz CT molecular complexity index is 1310. The molecule has 0 atom stereocenters. The van der Waals surface area contributed by atoms with E-state index in [1.54, 1.807) is 18.2 Å². The Morgan fingerprint density at radius 2 is 2.00 bits per heavy atom. The molecular weight excluding hydrogens is 366 g/mol. The lowest BCUT2D eigenvalue weighted by Crippen LogP contribution is -2.23. The van der Waals surface area contributed by atoms with Gasteiger partial charge < -0.3 is 10.1 Å². The van der Waals surface area contributed by atoms with Crippen LogP contribution in [-0.2, 0) is 15.8 Å². The van der Waals surface area contributed by atoms with Crippen LogP contribution in [-0.4, -0.2) is 36.9 Å². The van der Waals surface area contributed by atoms with Gasteiger partial charge in [-0.05, 0) is 46.3 Å². The maximum atomic E-state index is 12.2. The molecule has 2 N–H and O–H groups in total. The SMILES string of the molecule is CN(C)S(=O)(=O)Cc1ccc2[nH]c(O)c(C=c3ccc4c(c3)N=NN=4)c2c1. The fraction of sp³-hybridized carbons (Fsp3) is 0.167. The number of fused-ring (bicyclic) bond motifs is 2. The third-order valence-corrected chi connectivity index (χ3v) is 6.21. The van der Waals surface area contributed by atoms with Crippen molar-refractivity contribution in [2.24, 2.45) is 15.4 Å². The molecule has 1 aliphatic rings. The van der Waals surface area contributed by atoms with Crippen LogP contribution < -0.4 is 10.6 Å². The lowest BCUT2D eigenvalue weighted by Gasteiger charge is -2.11. The largest absolute Gasteiger partial charge is 0.494 e. The molecule has 138 valence electrons. The predicted octanol–water partition coefficient (Wildman–Crippen LogP) is 1.73. The molecular formula is C18H17N5O3S. The molecule has 2 aromatic carbocycles. The first-order valence-electron chi connectivity index (χ1n) is 8.18. The van der Waals surface area contributed by atoms with Crippen LogP contribution in [0.1, 0.15) is 11.1 Å². The highest BCUT2D eigenvalue weighted by Crippen LogP contribution is 2.29. The Morgan fingerprint density at radius 1 is 1.19 bits per heavy atom. The Morgan fingerprint density at radius 3 is 2.78 bits per heavy atom. The van der Waals surface area contributed by atoms with E-state index >= 15 is 0 Å². The second kappa shape index (κ2) is 6.29. The second-order valence-electron chi connectivity index (χ2n) is 6.49. The van der Waals surface area contributed by atoms with Crippen molar-refractivity contribution in [1.82, 2.24) is 9.29 Å². The first-order valence-corrected chi connectivity index (χ1v) is 9.79. The van der Waals surface area contributed by atoms with E-state index in [1.165, 1.54) is 18.4 Å². The molecule has 0 saturated heterocycles. The van der Waals surface area contributed by atoms with E-state index in [-0.39, 0.29) is 11.6 Å². The summed E-state index contributed by atoms with van der Waals surface area (Å²) in [6.45, 7) is 0. The molecule has 9 heteroatoms. The summed E-state index contributed by atoms with van der Waals surface area (Å²) in [5.74, 6) is -0.0911. The van der Waals surface area contributed by atoms with Crippen molar-refractivity contribution in [2.75, 3.05) is 14.1 Å². The number of hydrogen-bond donors (Lipinski definition) is 2. The fourth-order valence-corrected chi connectivity index (χ4v) is 3.76. The zero-order chi connectivity index (χ0) is 19.2. The van der Waals surface area contributed by atoms with E-state index in [0.717, 1.165) is 16.1 Å². The summed E-state index contributed by atoms with van der Waals surface area (Å²) in [5.41, 5.74) is 2.62. The van der Waals surface area contributed by atoms with Crippen molar-refractivity contribution >= 4 is 32.7 Å². The Hall–Kier alpha value is -3.04. The van der Waals surface area contributed by atoms with Crippen LogP contribution in [0.3, 0.4) is 0 Å². The van der Waals surface area contributed by atoms with Gasteiger partial charge >= 0.3 is 0 Å². The number of nitrogens with one attached hydrogen (secondary N) is 1. The molecule has 27 heavy (non-hydrogen) atoms. The number of aromatic nitrogens is 1. The summed E-state index contributed by atoms with van der Waals surface area (Å²) in [6, 6.07) is 10.8. The van der Waals surface area contributed by atoms with Gasteiger partial charge in [-0.1, -0.05) is 12.1 Å². The summed E-state index contributed by atoms with van der Waals surface area (Å²) in [7, 11) is -0.361. The predicted molar refractivity (Wildman–Crippen MR) is 102 cm³/mol. The van der Waals surface area contributed by atoms with Crippen LogP contribution in [0, 0.1) is 0 Å². The summed E-state index contributed by atoms with van der Waals surface area (Å²) in [5, 5.41) is 24.1. The standard InChI is InChI=1S/C18H17N5O3S/c1-23(2)27(25,26)10-12-4-5-15-13(8-12)14(18(24)19-15)7-11-3-6-16-17(9-11)21-22-20-16/h3-9,19,24H,10H2,1-2H3. The van der Waals surface area contributed by atoms with Crippen molar-refractivity contribution in [3.8, 4) is 5.88 Å². The Kier molecular flexibility index (Phi) is 4.05. The zero-order valence-corrected chi connectivity index (χ0v) is 15.5. The molecule has 1 aliphatic heterocycles. The monoisotopic (exact) mass is 383 g/mol. The minimum Gasteiger partial charge on any atom is -0.494 e. The van der Waals surface area contributed by atoms with Gasteiger partial charge in [0.05, 0.1) is 5.75 Å². The smallest absolute Gasteiger partial charge is 0.217 e. The molecule has 0 unspecified atom stereocenters. The number of benzene rings is 2. The first-order chi connectivity index (χ1) is 12.8. The fourth-order valence-electron chi connectivity index (χ4n) is 2.90. The average Bonchev–Trinajstić information content (AvgIpc) is 3.19. The maximum absolute atomic E-state index is 12.2. The van der Waals surface area contributed by atoms with Gasteiger partial charge in [0.1, 0.15) is 11.0 Å². The van der Waals surface area contributed by atoms with Gasteiger partial charge in [-0.2, -0.15) is 0 Å². The van der Waals surface area contributed by atoms with Crippen molar-refractivity contribution in [3.05, 3.63) is 58.1 Å². The first kappa shape index (κ1) is 17.4. The van der Waals surface area contributed by atoms with Gasteiger partial charge in [-0.3, -0.25) is 0 Å². The van der Waals surface area contributed by atoms with Gasteiger partial charge in [0.15, 0.2) is 5.88 Å². The van der Waals surface area contributed by atoms with Gasteiger partial charge in [-0.15, -0.1) is 10.2 Å². The van der Waals surface area contributed by atoms with Crippen LogP contribution in [0.15, 0.2) is 51.8 Å². The van der Waals surface area contributed by atoms with Crippen LogP contribution in [0.25, 0.3) is 17.0 Å². The van der Waals surface area contributed by atoms with E-state index in [1.807, 2.05) is 24.3 Å². The normalized spacial score (nSPS) is 14.1. The van der Waals surface area contributed by atoms with Gasteiger partial charge in [0.2, 0.25) is 10.0 Å². The van der Waals surface area contributed by atoms with Crippen molar-refractivity contribution < 1.29 is 13.5 Å². The average molecular weight is 383 g/mol. The minimum absolute atomic E-state index is 0.0180. The molecule has 0 bridgehead atoms. The highest BCUT2D eigenvalue weighted by Gasteiger charge is 2.16. The Labute approximate surface area is 155 Å². The number of sulfonamides is 1. The Balaban J connectivity index is 1.82. The lowest BCUT2D eigenvalue weighted by molar-refractivity contribution is 0.457. The summed E-state index contributed by atoms with van der Waals surface area (Å²) < 4.78 is 25.5. The van der Waals surface area contributed by atoms with E-state index < -0.39 is 10.0 Å². The highest BCUT2D eigenvalue weighted by atomic mass is 32.2. The molecule has 0 aliphatic carbocycles. The molecule has 0 amide bonds. The van der Waals surface area contributed by atoms with E-state index in [0.29, 0.717) is 22.2 Å². The number of aromatic amines is 1. The maximum Gasteiger partial charge on any atom is 0.217 e. The molecule has 0 fully saturated rings. The number of rotatable bonds is 4. The van der Waals surface area contributed by atoms with Crippen LogP contribution in [0.5, 0.6) is 5.88 Å². The van der Waals surface area contributed by atoms with Crippen LogP contribution >= 0.6 is 0 Å². The molecule has 8 nitrogen and oxygen atoms in total. The van der Waals surface area contributed by atoms with Crippen molar-refractivity contribution in [1.29, 1.82) is 0 Å². The van der Waals surface area contributed by atoms with Crippen LogP contribution in [0.2, 0.25) is 0 Å². The van der Waals surface area contributed by atoms with Gasteiger partial charge in [0, 0.05) is 30.6 Å². The summed E-state index contributed by atoms with van der Waals surface area (Å²) >= 11 is 0. The van der Waals surface area contributed by atoms with E-state index in [2.05, 4.69) is 20.4 Å². The topological polar surface area (TPSA) is 110 Å².